The van der Waals surface area contributed by atoms with E-state index in [1.807, 2.05) is 0 Å². The van der Waals surface area contributed by atoms with Crippen LogP contribution in [-0.2, 0) is 14.3 Å². The maximum Gasteiger partial charge on any atom is 0.327 e. The number of carbonyl (C=O) groups is 2. The van der Waals surface area contributed by atoms with Crippen molar-refractivity contribution in [3.05, 3.63) is 49.1 Å². The molecular formula is C24H40O6. The van der Waals surface area contributed by atoms with Crippen LogP contribution >= 0.6 is 0 Å². The Kier molecular flexibility index (Phi) is 24.9. The third-order valence-corrected chi connectivity index (χ3v) is 3.90. The number of unbranched alkanes of at least 4 members (excludes halogenated alkanes) is 7. The molecule has 0 amide bonds. The Morgan fingerprint density at radius 1 is 0.933 bits per heavy atom. The number of esters is 1. The number of carbonyl (C=O) groups excluding carboxylic acids is 1. The second-order valence-corrected chi connectivity index (χ2v) is 6.75. The summed E-state index contributed by atoms with van der Waals surface area (Å²) in [6.45, 7) is 4.66. The van der Waals surface area contributed by atoms with E-state index in [2.05, 4.69) is 50.0 Å². The van der Waals surface area contributed by atoms with E-state index in [4.69, 9.17) is 20.1 Å². The van der Waals surface area contributed by atoms with Gasteiger partial charge in [-0.05, 0) is 25.7 Å². The van der Waals surface area contributed by atoms with Crippen molar-refractivity contribution < 1.29 is 29.6 Å². The standard InChI is InChI=1S/C21H36O4.C3H4O2/c1-2-3-4-5-6-7-8-9-10-11-12-13-14-15-16-17-21(24)25-19-20(23)18-22;1-2-3(4)5/h5-10,20,22-23H,2-4,11-19H2,1H3;2H,1H2,(H,4,5). The number of hydrogen-bond donors (Lipinski definition) is 3. The highest BCUT2D eigenvalue weighted by atomic mass is 16.5. The Morgan fingerprint density at radius 2 is 1.47 bits per heavy atom. The molecule has 3 N–H and O–H groups in total. The van der Waals surface area contributed by atoms with E-state index < -0.39 is 12.1 Å². The molecule has 172 valence electrons. The monoisotopic (exact) mass is 424 g/mol. The summed E-state index contributed by atoms with van der Waals surface area (Å²) in [6.07, 6.45) is 23.0. The smallest absolute Gasteiger partial charge is 0.327 e. The molecule has 0 heterocycles. The first-order valence-corrected chi connectivity index (χ1v) is 10.8. The highest BCUT2D eigenvalue weighted by molar-refractivity contribution is 5.78. The number of hydrogen-bond acceptors (Lipinski definition) is 5. The molecular weight excluding hydrogens is 384 g/mol. The molecule has 0 rings (SSSR count). The van der Waals surface area contributed by atoms with Gasteiger partial charge in [-0.1, -0.05) is 82.1 Å². The molecule has 30 heavy (non-hydrogen) atoms. The van der Waals surface area contributed by atoms with Crippen LogP contribution in [0.5, 0.6) is 0 Å². The van der Waals surface area contributed by atoms with E-state index in [9.17, 15) is 9.59 Å². The summed E-state index contributed by atoms with van der Waals surface area (Å²) in [5, 5.41) is 25.3. The van der Waals surface area contributed by atoms with Crippen molar-refractivity contribution in [1.82, 2.24) is 0 Å². The number of carboxylic acid groups (broad SMARTS) is 1. The number of carboxylic acids is 1. The zero-order chi connectivity index (χ0) is 22.9. The summed E-state index contributed by atoms with van der Waals surface area (Å²) in [5.74, 6) is -1.28. The van der Waals surface area contributed by atoms with Crippen LogP contribution < -0.4 is 0 Å². The van der Waals surface area contributed by atoms with Crippen LogP contribution in [0.25, 0.3) is 0 Å². The second-order valence-electron chi connectivity index (χ2n) is 6.75. The van der Waals surface area contributed by atoms with Crippen LogP contribution in [0.3, 0.4) is 0 Å². The van der Waals surface area contributed by atoms with Crippen LogP contribution in [0.1, 0.15) is 71.1 Å². The summed E-state index contributed by atoms with van der Waals surface area (Å²) in [4.78, 5) is 20.6. The maximum atomic E-state index is 11.4. The predicted octanol–water partition coefficient (Wildman–Crippen LogP) is 4.73. The van der Waals surface area contributed by atoms with Gasteiger partial charge in [0.25, 0.3) is 0 Å². The van der Waals surface area contributed by atoms with Crippen molar-refractivity contribution in [3.63, 3.8) is 0 Å². The summed E-state index contributed by atoms with van der Waals surface area (Å²) >= 11 is 0. The fourth-order valence-corrected chi connectivity index (χ4v) is 2.18. The quantitative estimate of drug-likeness (QED) is 0.135. The number of ether oxygens (including phenoxy) is 1. The molecule has 0 saturated heterocycles. The first-order chi connectivity index (χ1) is 14.5. The van der Waals surface area contributed by atoms with Crippen molar-refractivity contribution >= 4 is 11.9 Å². The normalized spacial score (nSPS) is 12.1. The lowest BCUT2D eigenvalue weighted by atomic mass is 10.1. The minimum Gasteiger partial charge on any atom is -0.478 e. The number of rotatable bonds is 17. The van der Waals surface area contributed by atoms with Crippen molar-refractivity contribution in [2.24, 2.45) is 0 Å². The van der Waals surface area contributed by atoms with Gasteiger partial charge in [0, 0.05) is 12.5 Å². The molecule has 6 nitrogen and oxygen atoms in total. The summed E-state index contributed by atoms with van der Waals surface area (Å²) in [5.41, 5.74) is 0. The van der Waals surface area contributed by atoms with Gasteiger partial charge in [0.15, 0.2) is 0 Å². The highest BCUT2D eigenvalue weighted by Gasteiger charge is 2.07. The molecule has 1 atom stereocenters. The zero-order valence-electron chi connectivity index (χ0n) is 18.4. The Labute approximate surface area is 181 Å². The fourth-order valence-electron chi connectivity index (χ4n) is 2.18. The van der Waals surface area contributed by atoms with E-state index >= 15 is 0 Å². The predicted molar refractivity (Wildman–Crippen MR) is 121 cm³/mol. The third kappa shape index (κ3) is 28.0. The van der Waals surface area contributed by atoms with Gasteiger partial charge in [-0.25, -0.2) is 4.79 Å². The van der Waals surface area contributed by atoms with Crippen LogP contribution in [0.15, 0.2) is 49.1 Å². The van der Waals surface area contributed by atoms with Gasteiger partial charge in [-0.2, -0.15) is 0 Å². The molecule has 0 bridgehead atoms. The zero-order valence-corrected chi connectivity index (χ0v) is 18.4. The van der Waals surface area contributed by atoms with E-state index in [0.29, 0.717) is 6.42 Å². The molecule has 0 aliphatic rings. The lowest BCUT2D eigenvalue weighted by molar-refractivity contribution is -0.147. The highest BCUT2D eigenvalue weighted by Crippen LogP contribution is 2.08. The fraction of sp³-hybridized carbons (Fsp3) is 0.583. The van der Waals surface area contributed by atoms with E-state index in [1.165, 1.54) is 25.7 Å². The lowest BCUT2D eigenvalue weighted by Gasteiger charge is -2.08. The molecule has 6 heteroatoms. The van der Waals surface area contributed by atoms with Gasteiger partial charge >= 0.3 is 11.9 Å². The molecule has 0 spiro atoms. The molecule has 0 aromatic heterocycles. The van der Waals surface area contributed by atoms with Gasteiger partial charge in [-0.3, -0.25) is 4.79 Å². The van der Waals surface area contributed by atoms with Crippen molar-refractivity contribution in [1.29, 1.82) is 0 Å². The average Bonchev–Trinajstić information content (AvgIpc) is 2.75. The molecule has 0 aliphatic carbocycles. The Hall–Kier alpha value is -2.18. The van der Waals surface area contributed by atoms with Gasteiger partial charge < -0.3 is 20.1 Å². The number of aliphatic hydroxyl groups is 2. The number of aliphatic hydroxyl groups excluding tert-OH is 2. The third-order valence-electron chi connectivity index (χ3n) is 3.90. The van der Waals surface area contributed by atoms with E-state index in [-0.39, 0.29) is 19.2 Å². The Bertz CT molecular complexity index is 508. The van der Waals surface area contributed by atoms with Gasteiger partial charge in [0.1, 0.15) is 12.7 Å². The molecule has 0 fully saturated rings. The van der Waals surface area contributed by atoms with E-state index in [1.54, 1.807) is 0 Å². The second kappa shape index (κ2) is 24.9. The molecule has 0 aromatic carbocycles. The van der Waals surface area contributed by atoms with Crippen molar-refractivity contribution in [2.75, 3.05) is 13.2 Å². The molecule has 0 saturated carbocycles. The number of allylic oxidation sites excluding steroid dienone is 6. The van der Waals surface area contributed by atoms with Crippen LogP contribution in [0.4, 0.5) is 0 Å². The minimum atomic E-state index is -0.981. The van der Waals surface area contributed by atoms with Gasteiger partial charge in [0.2, 0.25) is 0 Å². The first kappa shape index (κ1) is 30.0. The van der Waals surface area contributed by atoms with Crippen molar-refractivity contribution in [2.45, 2.75) is 77.2 Å². The van der Waals surface area contributed by atoms with Crippen molar-refractivity contribution in [3.8, 4) is 0 Å². The molecule has 0 radical (unpaired) electrons. The van der Waals surface area contributed by atoms with Gasteiger partial charge in [0.05, 0.1) is 6.61 Å². The summed E-state index contributed by atoms with van der Waals surface area (Å²) in [7, 11) is 0. The van der Waals surface area contributed by atoms with E-state index in [0.717, 1.165) is 38.2 Å². The Balaban J connectivity index is 0. The topological polar surface area (TPSA) is 104 Å². The first-order valence-electron chi connectivity index (χ1n) is 10.8. The largest absolute Gasteiger partial charge is 0.478 e. The summed E-state index contributed by atoms with van der Waals surface area (Å²) < 4.78 is 4.84. The SMILES string of the molecule is C=CC(=O)O.CCCCC=CC=CC=CCCCCCCCC(=O)OCC(O)CO. The summed E-state index contributed by atoms with van der Waals surface area (Å²) in [6, 6.07) is 0. The average molecular weight is 425 g/mol. The molecule has 0 aromatic rings. The number of aliphatic carboxylic acids is 1. The van der Waals surface area contributed by atoms with Crippen LogP contribution in [-0.4, -0.2) is 46.6 Å². The van der Waals surface area contributed by atoms with Crippen LogP contribution in [0.2, 0.25) is 0 Å². The molecule has 0 aliphatic heterocycles. The molecule has 1 unspecified atom stereocenters. The minimum absolute atomic E-state index is 0.120. The Morgan fingerprint density at radius 3 is 2.00 bits per heavy atom. The van der Waals surface area contributed by atoms with Crippen LogP contribution in [0, 0.1) is 0 Å². The van der Waals surface area contributed by atoms with Gasteiger partial charge in [-0.15, -0.1) is 0 Å². The maximum absolute atomic E-state index is 11.4. The lowest BCUT2D eigenvalue weighted by Crippen LogP contribution is -2.21.